The summed E-state index contributed by atoms with van der Waals surface area (Å²) in [5.74, 6) is 0.431. The van der Waals surface area contributed by atoms with Crippen LogP contribution in [0.1, 0.15) is 68.4 Å². The van der Waals surface area contributed by atoms with Crippen LogP contribution in [0.3, 0.4) is 0 Å². The van der Waals surface area contributed by atoms with Crippen LogP contribution < -0.4 is 10.6 Å². The van der Waals surface area contributed by atoms with E-state index in [-0.39, 0.29) is 29.3 Å². The lowest BCUT2D eigenvalue weighted by atomic mass is 9.74. The number of piperidine rings is 1. The number of Topliss-reactive ketones (excluding diaryl/α,β-unsaturated/α-hetero) is 1. The van der Waals surface area contributed by atoms with Crippen molar-refractivity contribution >= 4 is 23.1 Å². The molecule has 0 saturated carbocycles. The first-order valence-electron chi connectivity index (χ1n) is 11.0. The molecule has 0 unspecified atom stereocenters. The number of amides is 1. The molecule has 0 spiro atoms. The average Bonchev–Trinajstić information content (AvgIpc) is 2.84. The Morgan fingerprint density at radius 1 is 1.00 bits per heavy atom. The number of nitrogens with one attached hydrogen (secondary N) is 2. The zero-order chi connectivity index (χ0) is 22.2. The predicted molar refractivity (Wildman–Crippen MR) is 125 cm³/mol. The van der Waals surface area contributed by atoms with Gasteiger partial charge in [0.15, 0.2) is 5.78 Å². The van der Waals surface area contributed by atoms with E-state index < -0.39 is 0 Å². The van der Waals surface area contributed by atoms with E-state index in [9.17, 15) is 9.59 Å². The van der Waals surface area contributed by atoms with Crippen LogP contribution in [0, 0.1) is 5.92 Å². The minimum Gasteiger partial charge on any atom is -0.324 e. The molecule has 0 radical (unpaired) electrons. The number of rotatable bonds is 4. The van der Waals surface area contributed by atoms with Crippen molar-refractivity contribution in [1.82, 2.24) is 5.32 Å². The molecule has 0 atom stereocenters. The summed E-state index contributed by atoms with van der Waals surface area (Å²) in [6, 6.07) is 15.3. The van der Waals surface area contributed by atoms with Crippen LogP contribution in [0.5, 0.6) is 0 Å². The van der Waals surface area contributed by atoms with Crippen molar-refractivity contribution in [3.8, 4) is 0 Å². The molecule has 1 saturated heterocycles. The molecular weight excluding hydrogens is 386 g/mol. The molecule has 31 heavy (non-hydrogen) atoms. The summed E-state index contributed by atoms with van der Waals surface area (Å²) in [6.45, 7) is 8.94. The summed E-state index contributed by atoms with van der Waals surface area (Å²) in [4.78, 5) is 29.5. The molecule has 2 aliphatic rings. The maximum atomic E-state index is 13.0. The second kappa shape index (κ2) is 8.04. The first kappa shape index (κ1) is 21.4. The summed E-state index contributed by atoms with van der Waals surface area (Å²) < 4.78 is 0. The quantitative estimate of drug-likeness (QED) is 0.714. The van der Waals surface area contributed by atoms with Gasteiger partial charge in [-0.15, -0.1) is 0 Å². The maximum Gasteiger partial charge on any atom is 0.246 e. The molecule has 2 aromatic carbocycles. The Morgan fingerprint density at radius 3 is 2.32 bits per heavy atom. The summed E-state index contributed by atoms with van der Waals surface area (Å²) >= 11 is 0. The first-order valence-corrected chi connectivity index (χ1v) is 11.0. The number of hydrogen-bond acceptors (Lipinski definition) is 4. The van der Waals surface area contributed by atoms with Crippen LogP contribution in [0.15, 0.2) is 53.5 Å². The van der Waals surface area contributed by atoms with Gasteiger partial charge in [0.1, 0.15) is 6.54 Å². The Labute approximate surface area is 184 Å². The van der Waals surface area contributed by atoms with E-state index in [0.717, 1.165) is 40.9 Å². The number of aliphatic imine (C=N–C) groups is 1. The number of benzodiazepines with no additional fused rings is 1. The van der Waals surface area contributed by atoms with Crippen LogP contribution >= 0.6 is 0 Å². The molecule has 1 amide bonds. The summed E-state index contributed by atoms with van der Waals surface area (Å²) in [5.41, 5.74) is 4.14. The number of nitrogens with zero attached hydrogens (tertiary/aromatic N) is 1. The lowest BCUT2D eigenvalue weighted by Crippen LogP contribution is -2.57. The highest BCUT2D eigenvalue weighted by molar-refractivity contribution is 6.19. The number of ketones is 1. The van der Waals surface area contributed by atoms with Crippen molar-refractivity contribution in [3.63, 3.8) is 0 Å². The van der Waals surface area contributed by atoms with E-state index in [1.807, 2.05) is 48.5 Å². The standard InChI is InChI=1S/C26H31N3O2/c1-25(2)14-17(15-26(3,4)29-25)13-22(30)18-9-11-19(12-10-18)24-20-7-5-6-8-21(20)28-23(31)16-27-24/h5-12,17,29H,13-16H2,1-4H3,(H,28,31). The van der Waals surface area contributed by atoms with Crippen LogP contribution in [0.4, 0.5) is 5.69 Å². The van der Waals surface area contributed by atoms with Crippen LogP contribution in [-0.2, 0) is 4.79 Å². The van der Waals surface area contributed by atoms with Crippen molar-refractivity contribution in [2.24, 2.45) is 10.9 Å². The van der Waals surface area contributed by atoms with Crippen molar-refractivity contribution in [3.05, 3.63) is 65.2 Å². The van der Waals surface area contributed by atoms with Crippen LogP contribution in [0.2, 0.25) is 0 Å². The number of para-hydroxylation sites is 1. The van der Waals surface area contributed by atoms with Crippen molar-refractivity contribution < 1.29 is 9.59 Å². The number of fused-ring (bicyclic) bond motifs is 1. The van der Waals surface area contributed by atoms with Crippen molar-refractivity contribution in [1.29, 1.82) is 0 Å². The van der Waals surface area contributed by atoms with Crippen LogP contribution in [-0.4, -0.2) is 35.0 Å². The van der Waals surface area contributed by atoms with E-state index in [1.165, 1.54) is 0 Å². The normalized spacial score (nSPS) is 20.3. The third-order valence-corrected chi connectivity index (χ3v) is 6.07. The highest BCUT2D eigenvalue weighted by Gasteiger charge is 2.38. The van der Waals surface area contributed by atoms with E-state index in [1.54, 1.807) is 0 Å². The van der Waals surface area contributed by atoms with E-state index in [2.05, 4.69) is 43.3 Å². The van der Waals surface area contributed by atoms with Gasteiger partial charge in [0.05, 0.1) is 11.4 Å². The van der Waals surface area contributed by atoms with Crippen molar-refractivity contribution in [2.75, 3.05) is 11.9 Å². The van der Waals surface area contributed by atoms with Crippen molar-refractivity contribution in [2.45, 2.75) is 58.0 Å². The Kier molecular flexibility index (Phi) is 5.56. The minimum atomic E-state index is -0.123. The molecule has 0 aliphatic carbocycles. The lowest BCUT2D eigenvalue weighted by molar-refractivity contribution is -0.114. The van der Waals surface area contributed by atoms with Gasteiger partial charge in [-0.05, 0) is 52.5 Å². The van der Waals surface area contributed by atoms with Gasteiger partial charge in [-0.1, -0.05) is 42.5 Å². The second-order valence-corrected chi connectivity index (χ2v) is 10.1. The van der Waals surface area contributed by atoms with Gasteiger partial charge in [-0.2, -0.15) is 0 Å². The third kappa shape index (κ3) is 4.93. The SMILES string of the molecule is CC1(C)CC(CC(=O)c2ccc(C3=NCC(=O)Nc4ccccc43)cc2)CC(C)(C)N1. The Balaban J connectivity index is 1.52. The maximum absolute atomic E-state index is 13.0. The fourth-order valence-electron chi connectivity index (χ4n) is 5.34. The predicted octanol–water partition coefficient (Wildman–Crippen LogP) is 4.61. The monoisotopic (exact) mass is 417 g/mol. The lowest BCUT2D eigenvalue weighted by Gasteiger charge is -2.46. The summed E-state index contributed by atoms with van der Waals surface area (Å²) in [5, 5.41) is 6.58. The Bertz CT molecular complexity index is 1020. The topological polar surface area (TPSA) is 70.6 Å². The second-order valence-electron chi connectivity index (χ2n) is 10.1. The largest absolute Gasteiger partial charge is 0.324 e. The molecule has 2 N–H and O–H groups in total. The molecule has 0 aromatic heterocycles. The summed E-state index contributed by atoms with van der Waals surface area (Å²) in [7, 11) is 0. The first-order chi connectivity index (χ1) is 14.6. The van der Waals surface area contributed by atoms with Gasteiger partial charge in [0.2, 0.25) is 5.91 Å². The fourth-order valence-corrected chi connectivity index (χ4v) is 5.34. The van der Waals surface area contributed by atoms with Gasteiger partial charge in [0, 0.05) is 34.2 Å². The third-order valence-electron chi connectivity index (χ3n) is 6.07. The molecular formula is C26H31N3O2. The number of anilines is 1. The fraction of sp³-hybridized carbons (Fsp3) is 0.423. The highest BCUT2D eigenvalue weighted by Crippen LogP contribution is 2.35. The number of benzene rings is 2. The minimum absolute atomic E-state index is 0.0348. The van der Waals surface area contributed by atoms with Gasteiger partial charge in [0.25, 0.3) is 0 Å². The number of carbonyl (C=O) groups excluding carboxylic acids is 2. The molecule has 2 aliphatic heterocycles. The molecule has 2 heterocycles. The van der Waals surface area contributed by atoms with Gasteiger partial charge >= 0.3 is 0 Å². The molecule has 1 fully saturated rings. The average molecular weight is 418 g/mol. The molecule has 2 aromatic rings. The van der Waals surface area contributed by atoms with Gasteiger partial charge in [-0.25, -0.2) is 0 Å². The zero-order valence-electron chi connectivity index (χ0n) is 18.8. The molecule has 5 heteroatoms. The Morgan fingerprint density at radius 2 is 1.65 bits per heavy atom. The highest BCUT2D eigenvalue weighted by atomic mass is 16.2. The van der Waals surface area contributed by atoms with Crippen LogP contribution in [0.25, 0.3) is 0 Å². The van der Waals surface area contributed by atoms with Gasteiger partial charge < -0.3 is 10.6 Å². The van der Waals surface area contributed by atoms with E-state index in [4.69, 9.17) is 0 Å². The smallest absolute Gasteiger partial charge is 0.246 e. The molecule has 4 rings (SSSR count). The molecule has 5 nitrogen and oxygen atoms in total. The molecule has 0 bridgehead atoms. The zero-order valence-corrected chi connectivity index (χ0v) is 18.8. The van der Waals surface area contributed by atoms with E-state index >= 15 is 0 Å². The summed E-state index contributed by atoms with van der Waals surface area (Å²) in [6.07, 6.45) is 2.56. The number of hydrogen-bond donors (Lipinski definition) is 2. The Hall–Kier alpha value is -2.79. The van der Waals surface area contributed by atoms with Gasteiger partial charge in [-0.3, -0.25) is 14.6 Å². The van der Waals surface area contributed by atoms with E-state index in [0.29, 0.717) is 12.3 Å². The molecule has 162 valence electrons. The number of carbonyl (C=O) groups is 2.